The zero-order valence-electron chi connectivity index (χ0n) is 11.0. The second-order valence-corrected chi connectivity index (χ2v) is 5.21. The minimum absolute atomic E-state index is 0.197. The third-order valence-corrected chi connectivity index (χ3v) is 3.64. The van der Waals surface area contributed by atoms with Gasteiger partial charge in [0.1, 0.15) is 12.4 Å². The van der Waals surface area contributed by atoms with E-state index in [0.717, 1.165) is 5.75 Å². The molecule has 2 nitrogen and oxygen atoms in total. The Morgan fingerprint density at radius 1 is 1.00 bits per heavy atom. The standard InChI is InChI=1S/C17H19NO/c18-17(14-6-7-14)15-8-10-16(11-9-15)19-12-13-4-2-1-3-5-13/h1-5,8-11,14,17H,6-7,12,18H2/t17-/m0/s1. The summed E-state index contributed by atoms with van der Waals surface area (Å²) in [5, 5.41) is 0. The maximum absolute atomic E-state index is 6.17. The summed E-state index contributed by atoms with van der Waals surface area (Å²) in [7, 11) is 0. The molecule has 0 bridgehead atoms. The Bertz CT molecular complexity index is 517. The molecule has 0 spiro atoms. The number of hydrogen-bond donors (Lipinski definition) is 1. The van der Waals surface area contributed by atoms with Crippen LogP contribution in [0.2, 0.25) is 0 Å². The van der Waals surface area contributed by atoms with Crippen molar-refractivity contribution in [2.75, 3.05) is 0 Å². The molecule has 0 aromatic heterocycles. The fraction of sp³-hybridized carbons (Fsp3) is 0.294. The van der Waals surface area contributed by atoms with Gasteiger partial charge in [0, 0.05) is 6.04 Å². The van der Waals surface area contributed by atoms with Crippen LogP contribution in [0.15, 0.2) is 54.6 Å². The zero-order chi connectivity index (χ0) is 13.1. The van der Waals surface area contributed by atoms with Crippen molar-refractivity contribution in [3.8, 4) is 5.75 Å². The molecule has 1 aliphatic carbocycles. The molecule has 1 atom stereocenters. The molecule has 98 valence electrons. The van der Waals surface area contributed by atoms with Crippen LogP contribution in [0.4, 0.5) is 0 Å². The topological polar surface area (TPSA) is 35.2 Å². The van der Waals surface area contributed by atoms with Crippen LogP contribution in [-0.4, -0.2) is 0 Å². The number of rotatable bonds is 5. The Morgan fingerprint density at radius 3 is 2.32 bits per heavy atom. The highest BCUT2D eigenvalue weighted by molar-refractivity contribution is 5.30. The smallest absolute Gasteiger partial charge is 0.119 e. The van der Waals surface area contributed by atoms with Gasteiger partial charge in [-0.05, 0) is 42.0 Å². The monoisotopic (exact) mass is 253 g/mol. The molecule has 0 heterocycles. The first kappa shape index (κ1) is 12.2. The number of hydrogen-bond acceptors (Lipinski definition) is 2. The van der Waals surface area contributed by atoms with Crippen LogP contribution in [0, 0.1) is 5.92 Å². The third kappa shape index (κ3) is 3.15. The molecule has 19 heavy (non-hydrogen) atoms. The van der Waals surface area contributed by atoms with Crippen LogP contribution in [-0.2, 0) is 6.61 Å². The SMILES string of the molecule is N[C@H](c1ccc(OCc2ccccc2)cc1)C1CC1. The molecule has 2 heteroatoms. The van der Waals surface area contributed by atoms with Gasteiger partial charge < -0.3 is 10.5 Å². The largest absolute Gasteiger partial charge is 0.489 e. The second-order valence-electron chi connectivity index (χ2n) is 5.21. The van der Waals surface area contributed by atoms with Crippen molar-refractivity contribution < 1.29 is 4.74 Å². The van der Waals surface area contributed by atoms with Crippen LogP contribution >= 0.6 is 0 Å². The number of nitrogens with two attached hydrogens (primary N) is 1. The van der Waals surface area contributed by atoms with Gasteiger partial charge in [0.15, 0.2) is 0 Å². The van der Waals surface area contributed by atoms with Crippen molar-refractivity contribution in [3.63, 3.8) is 0 Å². The van der Waals surface area contributed by atoms with E-state index in [1.807, 2.05) is 30.3 Å². The maximum Gasteiger partial charge on any atom is 0.119 e. The Kier molecular flexibility index (Phi) is 3.51. The fourth-order valence-corrected chi connectivity index (χ4v) is 2.25. The van der Waals surface area contributed by atoms with Crippen molar-refractivity contribution >= 4 is 0 Å². The van der Waals surface area contributed by atoms with Gasteiger partial charge in [0.05, 0.1) is 0 Å². The van der Waals surface area contributed by atoms with Crippen molar-refractivity contribution in [2.45, 2.75) is 25.5 Å². The van der Waals surface area contributed by atoms with E-state index >= 15 is 0 Å². The highest BCUT2D eigenvalue weighted by atomic mass is 16.5. The van der Waals surface area contributed by atoms with E-state index < -0.39 is 0 Å². The van der Waals surface area contributed by atoms with Crippen molar-refractivity contribution in [1.29, 1.82) is 0 Å². The molecule has 0 amide bonds. The van der Waals surface area contributed by atoms with Crippen LogP contribution in [0.1, 0.15) is 30.0 Å². The summed E-state index contributed by atoms with van der Waals surface area (Å²) < 4.78 is 5.76. The van der Waals surface area contributed by atoms with E-state index in [9.17, 15) is 0 Å². The fourth-order valence-electron chi connectivity index (χ4n) is 2.25. The lowest BCUT2D eigenvalue weighted by Crippen LogP contribution is -2.11. The molecule has 2 aromatic carbocycles. The first-order valence-electron chi connectivity index (χ1n) is 6.85. The normalized spacial score (nSPS) is 16.1. The van der Waals surface area contributed by atoms with Gasteiger partial charge in [-0.15, -0.1) is 0 Å². The van der Waals surface area contributed by atoms with Gasteiger partial charge in [-0.25, -0.2) is 0 Å². The third-order valence-electron chi connectivity index (χ3n) is 3.64. The minimum Gasteiger partial charge on any atom is -0.489 e. The Hall–Kier alpha value is -1.80. The van der Waals surface area contributed by atoms with Crippen molar-refractivity contribution in [1.82, 2.24) is 0 Å². The predicted octanol–water partition coefficient (Wildman–Crippen LogP) is 3.68. The molecule has 1 fully saturated rings. The minimum atomic E-state index is 0.197. The zero-order valence-corrected chi connectivity index (χ0v) is 11.0. The van der Waals surface area contributed by atoms with Crippen molar-refractivity contribution in [2.24, 2.45) is 11.7 Å². The molecule has 3 rings (SSSR count). The van der Waals surface area contributed by atoms with Gasteiger partial charge in [-0.1, -0.05) is 42.5 Å². The van der Waals surface area contributed by atoms with Gasteiger partial charge in [0.25, 0.3) is 0 Å². The average molecular weight is 253 g/mol. The quantitative estimate of drug-likeness (QED) is 0.882. The van der Waals surface area contributed by atoms with E-state index in [2.05, 4.69) is 24.3 Å². The molecule has 0 unspecified atom stereocenters. The van der Waals surface area contributed by atoms with Gasteiger partial charge in [-0.3, -0.25) is 0 Å². The highest BCUT2D eigenvalue weighted by Gasteiger charge is 2.29. The summed E-state index contributed by atoms with van der Waals surface area (Å²) in [6.45, 7) is 0.606. The van der Waals surface area contributed by atoms with E-state index in [1.54, 1.807) is 0 Å². The summed E-state index contributed by atoms with van der Waals surface area (Å²) >= 11 is 0. The van der Waals surface area contributed by atoms with Gasteiger partial charge in [0.2, 0.25) is 0 Å². The summed E-state index contributed by atoms with van der Waals surface area (Å²) in [6.07, 6.45) is 2.54. The lowest BCUT2D eigenvalue weighted by molar-refractivity contribution is 0.306. The number of benzene rings is 2. The first-order valence-corrected chi connectivity index (χ1v) is 6.85. The lowest BCUT2D eigenvalue weighted by atomic mass is 10.0. The van der Waals surface area contributed by atoms with Crippen LogP contribution < -0.4 is 10.5 Å². The molecule has 1 saturated carbocycles. The van der Waals surface area contributed by atoms with E-state index in [0.29, 0.717) is 12.5 Å². The Balaban J connectivity index is 1.59. The molecule has 0 saturated heterocycles. The molecule has 0 aliphatic heterocycles. The van der Waals surface area contributed by atoms with Gasteiger partial charge in [-0.2, -0.15) is 0 Å². The molecular formula is C17H19NO. The van der Waals surface area contributed by atoms with Crippen LogP contribution in [0.25, 0.3) is 0 Å². The molecule has 2 aromatic rings. The molecule has 0 radical (unpaired) electrons. The Morgan fingerprint density at radius 2 is 1.68 bits per heavy atom. The van der Waals surface area contributed by atoms with E-state index in [4.69, 9.17) is 10.5 Å². The number of ether oxygens (including phenoxy) is 1. The van der Waals surface area contributed by atoms with Crippen LogP contribution in [0.5, 0.6) is 5.75 Å². The maximum atomic E-state index is 6.17. The summed E-state index contributed by atoms with van der Waals surface area (Å²) in [5.74, 6) is 1.59. The first-order chi connectivity index (χ1) is 9.33. The molecular weight excluding hydrogens is 234 g/mol. The lowest BCUT2D eigenvalue weighted by Gasteiger charge is -2.12. The second kappa shape index (κ2) is 5.45. The molecule has 1 aliphatic rings. The summed E-state index contributed by atoms with van der Waals surface area (Å²) in [4.78, 5) is 0. The van der Waals surface area contributed by atoms with Gasteiger partial charge >= 0.3 is 0 Å². The summed E-state index contributed by atoms with van der Waals surface area (Å²) in [6, 6.07) is 18.6. The average Bonchev–Trinajstić information content (AvgIpc) is 3.31. The highest BCUT2D eigenvalue weighted by Crippen LogP contribution is 2.39. The summed E-state index contributed by atoms with van der Waals surface area (Å²) in [5.41, 5.74) is 8.57. The van der Waals surface area contributed by atoms with E-state index in [-0.39, 0.29) is 6.04 Å². The molecule has 2 N–H and O–H groups in total. The van der Waals surface area contributed by atoms with Crippen LogP contribution in [0.3, 0.4) is 0 Å². The van der Waals surface area contributed by atoms with E-state index in [1.165, 1.54) is 24.0 Å². The Labute approximate surface area is 114 Å². The van der Waals surface area contributed by atoms with Crippen molar-refractivity contribution in [3.05, 3.63) is 65.7 Å². The predicted molar refractivity (Wildman–Crippen MR) is 76.9 cm³/mol.